The number of amides is 1. The standard InChI is InChI=1S/C33H37N5O5S/c1-42-30-21-26(13-14-27(30)36-44(40,41)31-12-4-9-25-10-5-16-35-32(25)31)33(39)38-19-17-37(18-20-38)22-28-29(11-6-15-34-28)43-23-24-7-2-3-8-24/h4-6,9-16,21,24,36H,2-3,7-8,17-20,22-23H2,1H3. The maximum Gasteiger partial charge on any atom is 0.264 e. The number of aromatic nitrogens is 2. The largest absolute Gasteiger partial charge is 0.495 e. The number of piperazine rings is 1. The number of nitrogens with zero attached hydrogens (tertiary/aromatic N) is 4. The van der Waals surface area contributed by atoms with Crippen molar-refractivity contribution in [1.29, 1.82) is 0 Å². The van der Waals surface area contributed by atoms with Crippen LogP contribution in [0.2, 0.25) is 0 Å². The molecule has 6 rings (SSSR count). The summed E-state index contributed by atoms with van der Waals surface area (Å²) < 4.78 is 40.9. The van der Waals surface area contributed by atoms with Gasteiger partial charge in [-0.05, 0) is 61.2 Å². The van der Waals surface area contributed by atoms with Gasteiger partial charge in [0, 0.05) is 56.1 Å². The average molecular weight is 616 g/mol. The molecule has 1 saturated heterocycles. The molecule has 2 fully saturated rings. The van der Waals surface area contributed by atoms with Crippen molar-refractivity contribution in [2.45, 2.75) is 37.1 Å². The van der Waals surface area contributed by atoms with Crippen LogP contribution in [0.15, 0.2) is 78.0 Å². The van der Waals surface area contributed by atoms with Crippen LogP contribution in [-0.2, 0) is 16.6 Å². The van der Waals surface area contributed by atoms with E-state index in [4.69, 9.17) is 9.47 Å². The van der Waals surface area contributed by atoms with Gasteiger partial charge in [0.15, 0.2) is 0 Å². The summed E-state index contributed by atoms with van der Waals surface area (Å²) in [6.45, 7) is 3.95. The van der Waals surface area contributed by atoms with Gasteiger partial charge in [-0.15, -0.1) is 0 Å². The Hall–Kier alpha value is -4.22. The molecule has 1 aliphatic carbocycles. The van der Waals surface area contributed by atoms with Crippen LogP contribution in [0, 0.1) is 5.92 Å². The highest BCUT2D eigenvalue weighted by molar-refractivity contribution is 7.93. The van der Waals surface area contributed by atoms with Gasteiger partial charge < -0.3 is 14.4 Å². The van der Waals surface area contributed by atoms with Gasteiger partial charge in [-0.1, -0.05) is 31.0 Å². The molecule has 3 heterocycles. The molecule has 2 aromatic heterocycles. The van der Waals surface area contributed by atoms with Crippen molar-refractivity contribution >= 4 is 32.5 Å². The second kappa shape index (κ2) is 13.2. The van der Waals surface area contributed by atoms with Crippen LogP contribution in [0.1, 0.15) is 41.7 Å². The molecule has 2 aliphatic rings. The van der Waals surface area contributed by atoms with Gasteiger partial charge in [0.05, 0.1) is 30.6 Å². The molecule has 0 bridgehead atoms. The average Bonchev–Trinajstić information content (AvgIpc) is 3.58. The number of sulfonamides is 1. The second-order valence-electron chi connectivity index (χ2n) is 11.3. The van der Waals surface area contributed by atoms with Gasteiger partial charge in [-0.2, -0.15) is 0 Å². The van der Waals surface area contributed by atoms with Gasteiger partial charge in [0.2, 0.25) is 0 Å². The molecule has 0 spiro atoms. The Bertz CT molecular complexity index is 1730. The molecule has 0 radical (unpaired) electrons. The minimum absolute atomic E-state index is 0.0638. The lowest BCUT2D eigenvalue weighted by atomic mass is 10.1. The van der Waals surface area contributed by atoms with Gasteiger partial charge >= 0.3 is 0 Å². The number of pyridine rings is 2. The number of hydrogen-bond donors (Lipinski definition) is 1. The number of carbonyl (C=O) groups excluding carboxylic acids is 1. The van der Waals surface area contributed by atoms with E-state index in [1.54, 1.807) is 42.7 Å². The number of carbonyl (C=O) groups is 1. The summed E-state index contributed by atoms with van der Waals surface area (Å²) in [6, 6.07) is 17.2. The normalized spacial score (nSPS) is 16.2. The van der Waals surface area contributed by atoms with E-state index < -0.39 is 10.0 Å². The predicted molar refractivity (Wildman–Crippen MR) is 168 cm³/mol. The first-order valence-corrected chi connectivity index (χ1v) is 16.5. The maximum atomic E-state index is 13.4. The lowest BCUT2D eigenvalue weighted by molar-refractivity contribution is 0.0625. The smallest absolute Gasteiger partial charge is 0.264 e. The summed E-state index contributed by atoms with van der Waals surface area (Å²) in [5, 5.41) is 0.719. The van der Waals surface area contributed by atoms with Crippen molar-refractivity contribution in [2.24, 2.45) is 5.92 Å². The van der Waals surface area contributed by atoms with Gasteiger partial charge in [0.1, 0.15) is 16.4 Å². The van der Waals surface area contributed by atoms with Crippen molar-refractivity contribution in [3.63, 3.8) is 0 Å². The third kappa shape index (κ3) is 6.63. The number of fused-ring (bicyclic) bond motifs is 1. The second-order valence-corrected chi connectivity index (χ2v) is 13.0. The summed E-state index contributed by atoms with van der Waals surface area (Å²) >= 11 is 0. The summed E-state index contributed by atoms with van der Waals surface area (Å²) in [6.07, 6.45) is 8.40. The number of para-hydroxylation sites is 1. The third-order valence-corrected chi connectivity index (χ3v) is 9.81. The number of benzene rings is 2. The number of methoxy groups -OCH3 is 1. The van der Waals surface area contributed by atoms with E-state index in [-0.39, 0.29) is 22.2 Å². The highest BCUT2D eigenvalue weighted by Gasteiger charge is 2.26. The van der Waals surface area contributed by atoms with E-state index in [9.17, 15) is 13.2 Å². The van der Waals surface area contributed by atoms with Crippen molar-refractivity contribution < 1.29 is 22.7 Å². The molecule has 0 atom stereocenters. The Morgan fingerprint density at radius 1 is 0.932 bits per heavy atom. The minimum atomic E-state index is -3.98. The van der Waals surface area contributed by atoms with E-state index in [0.717, 1.165) is 23.4 Å². The van der Waals surface area contributed by atoms with Crippen molar-refractivity contribution in [1.82, 2.24) is 19.8 Å². The molecule has 0 unspecified atom stereocenters. The first-order chi connectivity index (χ1) is 21.4. The van der Waals surface area contributed by atoms with E-state index in [1.165, 1.54) is 38.9 Å². The zero-order valence-corrected chi connectivity index (χ0v) is 25.6. The number of hydrogen-bond acceptors (Lipinski definition) is 8. The molecule has 1 N–H and O–H groups in total. The Labute approximate surface area is 258 Å². The van der Waals surface area contributed by atoms with Gasteiger partial charge in [0.25, 0.3) is 15.9 Å². The quantitative estimate of drug-likeness (QED) is 0.266. The van der Waals surface area contributed by atoms with Gasteiger partial charge in [-0.3, -0.25) is 24.4 Å². The first-order valence-electron chi connectivity index (χ1n) is 15.0. The maximum absolute atomic E-state index is 13.4. The summed E-state index contributed by atoms with van der Waals surface area (Å²) in [5.74, 6) is 1.60. The van der Waals surface area contributed by atoms with Crippen LogP contribution in [0.25, 0.3) is 10.9 Å². The van der Waals surface area contributed by atoms with Gasteiger partial charge in [-0.25, -0.2) is 8.42 Å². The van der Waals surface area contributed by atoms with Crippen LogP contribution in [0.3, 0.4) is 0 Å². The molecule has 44 heavy (non-hydrogen) atoms. The van der Waals surface area contributed by atoms with Crippen LogP contribution in [-0.4, -0.2) is 74.0 Å². The third-order valence-electron chi connectivity index (χ3n) is 8.41. The van der Waals surface area contributed by atoms with Crippen LogP contribution < -0.4 is 14.2 Å². The Morgan fingerprint density at radius 2 is 1.68 bits per heavy atom. The number of nitrogens with one attached hydrogen (secondary N) is 1. The summed E-state index contributed by atoms with van der Waals surface area (Å²) in [5.41, 5.74) is 1.97. The van der Waals surface area contributed by atoms with Crippen LogP contribution in [0.4, 0.5) is 5.69 Å². The Morgan fingerprint density at radius 3 is 2.48 bits per heavy atom. The van der Waals surface area contributed by atoms with Crippen molar-refractivity contribution in [3.05, 3.63) is 84.3 Å². The van der Waals surface area contributed by atoms with E-state index in [1.807, 2.05) is 29.2 Å². The molecular formula is C33H37N5O5S. The predicted octanol–water partition coefficient (Wildman–Crippen LogP) is 4.97. The molecule has 1 saturated carbocycles. The molecule has 11 heteroatoms. The number of rotatable bonds is 10. The molecule has 2 aromatic carbocycles. The number of ether oxygens (including phenoxy) is 2. The van der Waals surface area contributed by atoms with E-state index in [0.29, 0.717) is 49.7 Å². The van der Waals surface area contributed by atoms with Crippen molar-refractivity contribution in [3.8, 4) is 11.5 Å². The highest BCUT2D eigenvalue weighted by atomic mass is 32.2. The molecule has 230 valence electrons. The summed E-state index contributed by atoms with van der Waals surface area (Å²) in [7, 11) is -2.53. The highest BCUT2D eigenvalue weighted by Crippen LogP contribution is 2.31. The van der Waals surface area contributed by atoms with E-state index >= 15 is 0 Å². The topological polar surface area (TPSA) is 114 Å². The first kappa shape index (κ1) is 29.8. The molecular weight excluding hydrogens is 578 g/mol. The summed E-state index contributed by atoms with van der Waals surface area (Å²) in [4.78, 5) is 26.5. The molecule has 1 aliphatic heterocycles. The van der Waals surface area contributed by atoms with Crippen LogP contribution >= 0.6 is 0 Å². The Balaban J connectivity index is 1.08. The monoisotopic (exact) mass is 615 g/mol. The lowest BCUT2D eigenvalue weighted by Crippen LogP contribution is -2.48. The fraction of sp³-hybridized carbons (Fsp3) is 0.364. The SMILES string of the molecule is COc1cc(C(=O)N2CCN(Cc3ncccc3OCC3CCCC3)CC2)ccc1NS(=O)(=O)c1cccc2cccnc12. The lowest BCUT2D eigenvalue weighted by Gasteiger charge is -2.34. The van der Waals surface area contributed by atoms with E-state index in [2.05, 4.69) is 19.6 Å². The number of anilines is 1. The van der Waals surface area contributed by atoms with Crippen molar-refractivity contribution in [2.75, 3.05) is 44.6 Å². The fourth-order valence-corrected chi connectivity index (χ4v) is 7.21. The molecule has 1 amide bonds. The Kier molecular flexibility index (Phi) is 8.94. The molecule has 10 nitrogen and oxygen atoms in total. The van der Waals surface area contributed by atoms with Crippen LogP contribution in [0.5, 0.6) is 11.5 Å². The zero-order chi connectivity index (χ0) is 30.5. The zero-order valence-electron chi connectivity index (χ0n) is 24.8. The molecule has 4 aromatic rings. The minimum Gasteiger partial charge on any atom is -0.495 e. The fourth-order valence-electron chi connectivity index (χ4n) is 5.96.